The first-order valence-electron chi connectivity index (χ1n) is 4.21. The number of methoxy groups -OCH3 is 1. The van der Waals surface area contributed by atoms with Crippen LogP contribution in [-0.4, -0.2) is 26.9 Å². The van der Waals surface area contributed by atoms with Gasteiger partial charge in [0.05, 0.1) is 12.7 Å². The van der Waals surface area contributed by atoms with Crippen molar-refractivity contribution in [2.45, 2.75) is 6.92 Å². The summed E-state index contributed by atoms with van der Waals surface area (Å²) in [6.07, 6.45) is 0. The van der Waals surface area contributed by atoms with E-state index in [4.69, 9.17) is 12.6 Å². The minimum atomic E-state index is -0.490. The largest absolute Gasteiger partial charge is 0.465 e. The Balaban J connectivity index is 2.97. The number of hydrogen-bond acceptors (Lipinski definition) is 4. The summed E-state index contributed by atoms with van der Waals surface area (Å²) in [7, 11) is 6.85. The third kappa shape index (κ3) is 2.84. The first kappa shape index (κ1) is 11.3. The summed E-state index contributed by atoms with van der Waals surface area (Å²) in [6, 6.07) is 4.31. The predicted octanol–water partition coefficient (Wildman–Crippen LogP) is 0.192. The summed E-state index contributed by atoms with van der Waals surface area (Å²) in [6.45, 7) is 1.27. The van der Waals surface area contributed by atoms with Crippen LogP contribution in [0, 0.1) is 0 Å². The van der Waals surface area contributed by atoms with Gasteiger partial charge in [0.15, 0.2) is 0 Å². The highest BCUT2D eigenvalue weighted by Gasteiger charge is 2.08. The van der Waals surface area contributed by atoms with Gasteiger partial charge in [-0.2, -0.15) is 0 Å². The van der Waals surface area contributed by atoms with E-state index in [1.54, 1.807) is 0 Å². The molecule has 1 aromatic carbocycles. The highest BCUT2D eigenvalue weighted by atomic mass is 16.5. The lowest BCUT2D eigenvalue weighted by molar-refractivity contribution is -0.131. The third-order valence-electron chi connectivity index (χ3n) is 1.68. The smallest absolute Gasteiger partial charge is 0.337 e. The van der Waals surface area contributed by atoms with Crippen LogP contribution < -0.4 is 10.2 Å². The van der Waals surface area contributed by atoms with Crippen LogP contribution in [0.1, 0.15) is 17.3 Å². The summed E-state index contributed by atoms with van der Waals surface area (Å²) < 4.78 is 9.31. The standard InChI is InChI=1S/C10H9BO4/c1-6(12)15-9-4-3-7(5-8(9)11)10(13)14-2/h3-5H,1-2H3. The molecule has 0 aromatic heterocycles. The van der Waals surface area contributed by atoms with Crippen molar-refractivity contribution in [2.24, 2.45) is 0 Å². The lowest BCUT2D eigenvalue weighted by Crippen LogP contribution is -2.15. The molecular formula is C10H9BO4. The normalized spacial score (nSPS) is 9.47. The van der Waals surface area contributed by atoms with E-state index in [0.717, 1.165) is 0 Å². The Hall–Kier alpha value is -1.78. The zero-order chi connectivity index (χ0) is 11.4. The molecule has 0 unspecified atom stereocenters. The number of benzene rings is 1. The van der Waals surface area contributed by atoms with Crippen LogP contribution in [0.2, 0.25) is 0 Å². The zero-order valence-corrected chi connectivity index (χ0v) is 8.44. The second kappa shape index (κ2) is 4.64. The van der Waals surface area contributed by atoms with E-state index in [1.807, 2.05) is 0 Å². The van der Waals surface area contributed by atoms with Crippen molar-refractivity contribution in [3.8, 4) is 5.75 Å². The predicted molar refractivity (Wildman–Crippen MR) is 54.5 cm³/mol. The molecule has 4 nitrogen and oxygen atoms in total. The maximum Gasteiger partial charge on any atom is 0.337 e. The van der Waals surface area contributed by atoms with Crippen molar-refractivity contribution in [3.63, 3.8) is 0 Å². The zero-order valence-electron chi connectivity index (χ0n) is 8.44. The van der Waals surface area contributed by atoms with Gasteiger partial charge in [0.25, 0.3) is 0 Å². The molecule has 0 aliphatic carbocycles. The molecule has 1 rings (SSSR count). The molecule has 0 saturated heterocycles. The van der Waals surface area contributed by atoms with Gasteiger partial charge in [-0.3, -0.25) is 4.79 Å². The van der Waals surface area contributed by atoms with Gasteiger partial charge in [-0.25, -0.2) is 4.79 Å². The summed E-state index contributed by atoms with van der Waals surface area (Å²) in [5.74, 6) is -0.723. The Labute approximate surface area is 88.6 Å². The van der Waals surface area contributed by atoms with E-state index in [-0.39, 0.29) is 11.2 Å². The second-order valence-corrected chi connectivity index (χ2v) is 2.84. The highest BCUT2D eigenvalue weighted by Crippen LogP contribution is 2.09. The van der Waals surface area contributed by atoms with E-state index < -0.39 is 11.9 Å². The van der Waals surface area contributed by atoms with Crippen LogP contribution in [0.4, 0.5) is 0 Å². The first-order chi connectivity index (χ1) is 7.04. The molecule has 0 spiro atoms. The summed E-state index contributed by atoms with van der Waals surface area (Å²) in [4.78, 5) is 21.8. The Kier molecular flexibility index (Phi) is 3.49. The van der Waals surface area contributed by atoms with Crippen LogP contribution in [-0.2, 0) is 9.53 Å². The van der Waals surface area contributed by atoms with Gasteiger partial charge in [0, 0.05) is 6.92 Å². The van der Waals surface area contributed by atoms with Crippen molar-refractivity contribution in [1.82, 2.24) is 0 Å². The number of esters is 2. The average Bonchev–Trinajstić information content (AvgIpc) is 2.19. The van der Waals surface area contributed by atoms with E-state index in [0.29, 0.717) is 5.56 Å². The molecule has 0 N–H and O–H groups in total. The fourth-order valence-electron chi connectivity index (χ4n) is 1.04. The number of rotatable bonds is 2. The monoisotopic (exact) mass is 204 g/mol. The Morgan fingerprint density at radius 3 is 2.47 bits per heavy atom. The number of carbonyl (C=O) groups is 2. The molecule has 0 atom stereocenters. The van der Waals surface area contributed by atoms with Crippen molar-refractivity contribution in [3.05, 3.63) is 23.8 Å². The number of ether oxygens (including phenoxy) is 2. The van der Waals surface area contributed by atoms with E-state index >= 15 is 0 Å². The fraction of sp³-hybridized carbons (Fsp3) is 0.200. The van der Waals surface area contributed by atoms with Gasteiger partial charge in [-0.05, 0) is 12.1 Å². The van der Waals surface area contributed by atoms with Crippen molar-refractivity contribution in [2.75, 3.05) is 7.11 Å². The molecule has 76 valence electrons. The molecule has 2 radical (unpaired) electrons. The molecule has 0 bridgehead atoms. The lowest BCUT2D eigenvalue weighted by atomic mass is 9.93. The maximum atomic E-state index is 11.1. The SMILES string of the molecule is [B]c1cc(C(=O)OC)ccc1OC(C)=O. The van der Waals surface area contributed by atoms with Crippen molar-refractivity contribution >= 4 is 25.2 Å². The molecule has 0 saturated carbocycles. The molecule has 0 amide bonds. The first-order valence-corrected chi connectivity index (χ1v) is 4.21. The van der Waals surface area contributed by atoms with Gasteiger partial charge in [-0.15, -0.1) is 0 Å². The molecule has 0 heterocycles. The van der Waals surface area contributed by atoms with Crippen molar-refractivity contribution < 1.29 is 19.1 Å². The maximum absolute atomic E-state index is 11.1. The van der Waals surface area contributed by atoms with E-state index in [1.165, 1.54) is 32.2 Å². The minimum absolute atomic E-state index is 0.216. The molecule has 1 aromatic rings. The Morgan fingerprint density at radius 1 is 1.33 bits per heavy atom. The fourth-order valence-corrected chi connectivity index (χ4v) is 1.04. The molecule has 15 heavy (non-hydrogen) atoms. The molecule has 0 aliphatic rings. The minimum Gasteiger partial charge on any atom is -0.465 e. The molecular weight excluding hydrogens is 195 g/mol. The quantitative estimate of drug-likeness (QED) is 0.392. The summed E-state index contributed by atoms with van der Waals surface area (Å²) in [5, 5.41) is 0. The second-order valence-electron chi connectivity index (χ2n) is 2.84. The summed E-state index contributed by atoms with van der Waals surface area (Å²) in [5.41, 5.74) is 0.527. The van der Waals surface area contributed by atoms with Gasteiger partial charge in [0.1, 0.15) is 13.6 Å². The Bertz CT molecular complexity index is 400. The van der Waals surface area contributed by atoms with Crippen molar-refractivity contribution in [1.29, 1.82) is 0 Å². The van der Waals surface area contributed by atoms with Crippen LogP contribution in [0.5, 0.6) is 5.75 Å². The van der Waals surface area contributed by atoms with Crippen LogP contribution in [0.25, 0.3) is 0 Å². The van der Waals surface area contributed by atoms with Gasteiger partial charge < -0.3 is 9.47 Å². The summed E-state index contributed by atoms with van der Waals surface area (Å²) >= 11 is 0. The van der Waals surface area contributed by atoms with Gasteiger partial charge in [0.2, 0.25) is 0 Å². The number of carbonyl (C=O) groups excluding carboxylic acids is 2. The topological polar surface area (TPSA) is 52.6 Å². The Morgan fingerprint density at radius 2 is 2.00 bits per heavy atom. The number of hydrogen-bond donors (Lipinski definition) is 0. The van der Waals surface area contributed by atoms with Gasteiger partial charge in [-0.1, -0.05) is 11.5 Å². The lowest BCUT2D eigenvalue weighted by Gasteiger charge is -2.06. The highest BCUT2D eigenvalue weighted by molar-refractivity contribution is 6.34. The van der Waals surface area contributed by atoms with Crippen LogP contribution in [0.3, 0.4) is 0 Å². The van der Waals surface area contributed by atoms with E-state index in [2.05, 4.69) is 4.74 Å². The van der Waals surface area contributed by atoms with Crippen LogP contribution in [0.15, 0.2) is 18.2 Å². The molecule has 0 fully saturated rings. The average molecular weight is 204 g/mol. The third-order valence-corrected chi connectivity index (χ3v) is 1.68. The van der Waals surface area contributed by atoms with Gasteiger partial charge >= 0.3 is 11.9 Å². The molecule has 0 aliphatic heterocycles. The van der Waals surface area contributed by atoms with Crippen LogP contribution >= 0.6 is 0 Å². The van der Waals surface area contributed by atoms with E-state index in [9.17, 15) is 9.59 Å². The molecule has 5 heteroatoms.